The number of hydrogen-bond donors (Lipinski definition) is 1. The summed E-state index contributed by atoms with van der Waals surface area (Å²) >= 11 is 5.29. The molecule has 1 heterocycles. The van der Waals surface area contributed by atoms with Gasteiger partial charge in [0.1, 0.15) is 0 Å². The Morgan fingerprint density at radius 1 is 0.737 bits per heavy atom. The number of amides is 1. The third-order valence-corrected chi connectivity index (χ3v) is 6.83. The van der Waals surface area contributed by atoms with Gasteiger partial charge in [-0.1, -0.05) is 135 Å². The molecule has 0 aromatic heterocycles. The van der Waals surface area contributed by atoms with E-state index in [-0.39, 0.29) is 87.9 Å². The molecule has 8 nitrogen and oxygen atoms in total. The second-order valence-corrected chi connectivity index (χ2v) is 18.4. The van der Waals surface area contributed by atoms with Crippen molar-refractivity contribution < 1.29 is 31.5 Å². The minimum Gasteiger partial charge on any atom is -0.343 e. The fourth-order valence-corrected chi connectivity index (χ4v) is 2.95. The molecule has 1 rings (SSSR count). The van der Waals surface area contributed by atoms with Crippen LogP contribution in [0.5, 0.6) is 0 Å². The van der Waals surface area contributed by atoms with Gasteiger partial charge in [-0.05, 0) is 84.0 Å². The number of nitrogens with one attached hydrogen (secondary N) is 1. The number of carbonyl (C=O) groups excluding carboxylic acids is 6. The van der Waals surface area contributed by atoms with Gasteiger partial charge in [-0.2, -0.15) is 0 Å². The van der Waals surface area contributed by atoms with Crippen LogP contribution in [0.4, 0.5) is 0 Å². The first-order valence-corrected chi connectivity index (χ1v) is 19.3. The Morgan fingerprint density at radius 3 is 1.33 bits per heavy atom. The minimum atomic E-state index is -0.542. The molecule has 9 heteroatoms. The van der Waals surface area contributed by atoms with Gasteiger partial charge in [-0.3, -0.25) is 33.7 Å². The maximum atomic E-state index is 11.4. The monoisotopic (exact) mass is 819 g/mol. The van der Waals surface area contributed by atoms with E-state index in [0.29, 0.717) is 0 Å². The highest BCUT2D eigenvalue weighted by Gasteiger charge is 2.21. The number of likely N-dealkylation sites (tertiary alicyclic amines) is 1. The van der Waals surface area contributed by atoms with E-state index in [1.165, 1.54) is 26.4 Å². The molecule has 0 aliphatic carbocycles. The number of rotatable bonds is 6. The maximum Gasteiger partial charge on any atom is 0.296 e. The fourth-order valence-electron chi connectivity index (χ4n) is 2.55. The van der Waals surface area contributed by atoms with Crippen LogP contribution in [0.1, 0.15) is 155 Å². The van der Waals surface area contributed by atoms with E-state index in [9.17, 15) is 28.8 Å². The Bertz CT molecular complexity index is 1550. The van der Waals surface area contributed by atoms with Crippen molar-refractivity contribution >= 4 is 46.4 Å². The number of ketones is 5. The molecule has 326 valence electrons. The van der Waals surface area contributed by atoms with Gasteiger partial charge in [-0.15, -0.1) is 18.0 Å². The molecular formula is C48H81ClN2O6. The molecule has 1 amide bonds. The smallest absolute Gasteiger partial charge is 0.296 e. The number of hydrogen-bond acceptors (Lipinski definition) is 7. The lowest BCUT2D eigenvalue weighted by atomic mass is 9.91. The highest BCUT2D eigenvalue weighted by Crippen LogP contribution is 2.17. The zero-order chi connectivity index (χ0) is 47.5. The van der Waals surface area contributed by atoms with Gasteiger partial charge < -0.3 is 5.32 Å². The molecular weight excluding hydrogens is 736 g/mol. The fraction of sp³-hybridized carbons (Fsp3) is 0.667. The van der Waals surface area contributed by atoms with E-state index in [1.54, 1.807) is 61.5 Å². The standard InChI is InChI=1S/C11H19NO.C8H14O.C8H12O.C7H11NO.C7H10O.C6H11ClO.CH4/c1-11(2,3)10(13)6-4-7-12-8-5-9-12;2*1-5-6-7(9)8(2,3)4;1-4-5-7(9)8-6(2)3;1-5-6(8)7(2,3)4;1-6(2,3)5(8)4-7;/h4,6H,5,7-9H2,1-3H3;5-6H,1-4H3;1-4H3;6H,1-3H3,(H,8,9);1H,2-4H3;4H2,1-3H3;1H4/b6-4+;6-5+;;;;;/i;5D,6D;;;;;. The van der Waals surface area contributed by atoms with Crippen molar-refractivity contribution in [3.63, 3.8) is 0 Å². The lowest BCUT2D eigenvalue weighted by Crippen LogP contribution is -2.37. The van der Waals surface area contributed by atoms with E-state index in [0.717, 1.165) is 6.54 Å². The highest BCUT2D eigenvalue weighted by molar-refractivity contribution is 6.28. The Balaban J connectivity index is -0.000000144. The first-order chi connectivity index (χ1) is 25.9. The third-order valence-electron chi connectivity index (χ3n) is 6.59. The Hall–Kier alpha value is -3.77. The molecule has 1 saturated heterocycles. The van der Waals surface area contributed by atoms with Crippen molar-refractivity contribution in [2.45, 2.75) is 158 Å². The summed E-state index contributed by atoms with van der Waals surface area (Å²) in [6, 6.07) is 0.0285. The van der Waals surface area contributed by atoms with Gasteiger partial charge in [0.15, 0.2) is 17.3 Å². The summed E-state index contributed by atoms with van der Waals surface area (Å²) in [5.74, 6) is 11.9. The minimum absolute atomic E-state index is 0. The molecule has 0 aromatic rings. The van der Waals surface area contributed by atoms with Crippen LogP contribution in [0, 0.1) is 63.1 Å². The van der Waals surface area contributed by atoms with Crippen LogP contribution < -0.4 is 5.32 Å². The summed E-state index contributed by atoms with van der Waals surface area (Å²) in [6.07, 6.45) is 9.86. The SMILES string of the molecule is C.C#CC(=O)C(C)(C)C.CC#CC(=O)C(C)(C)C.CC#CC(=O)NC(C)C.CC(C)(C)C(=O)/C=C/CN1CCC1.CC(C)(C)C(=O)CCl.[2H]/C(C)=C(/[2H])C(=O)C(C)(C)C. The summed E-state index contributed by atoms with van der Waals surface area (Å²) in [4.78, 5) is 67.8. The first kappa shape index (κ1) is 59.9. The van der Waals surface area contributed by atoms with Gasteiger partial charge in [0.25, 0.3) is 5.91 Å². The molecule has 1 aliphatic rings. The largest absolute Gasteiger partial charge is 0.343 e. The van der Waals surface area contributed by atoms with Crippen molar-refractivity contribution in [1.82, 2.24) is 10.2 Å². The second kappa shape index (κ2) is 32.2. The van der Waals surface area contributed by atoms with E-state index in [4.69, 9.17) is 20.8 Å². The van der Waals surface area contributed by atoms with Crippen LogP contribution >= 0.6 is 11.6 Å². The number of halogens is 1. The molecule has 0 aromatic carbocycles. The lowest BCUT2D eigenvalue weighted by molar-refractivity contribution is -0.124. The van der Waals surface area contributed by atoms with Gasteiger partial charge >= 0.3 is 0 Å². The van der Waals surface area contributed by atoms with Crippen LogP contribution in [-0.4, -0.2) is 71.3 Å². The van der Waals surface area contributed by atoms with Gasteiger partial charge in [-0.25, -0.2) is 0 Å². The Morgan fingerprint density at radius 2 is 1.16 bits per heavy atom. The summed E-state index contributed by atoms with van der Waals surface area (Å²) < 4.78 is 14.3. The van der Waals surface area contributed by atoms with Gasteiger partial charge in [0.2, 0.25) is 11.6 Å². The van der Waals surface area contributed by atoms with E-state index in [1.807, 2.05) is 82.2 Å². The van der Waals surface area contributed by atoms with E-state index >= 15 is 0 Å². The number of Topliss-reactive ketones (excluding diaryl/α,β-unsaturated/α-hetero) is 3. The number of terminal acetylenes is 1. The Labute approximate surface area is 358 Å². The van der Waals surface area contributed by atoms with Crippen LogP contribution in [-0.2, 0) is 28.8 Å². The van der Waals surface area contributed by atoms with Crippen molar-refractivity contribution in [3.05, 3.63) is 24.3 Å². The Kier molecular flexibility index (Phi) is 33.9. The molecule has 0 saturated carbocycles. The quantitative estimate of drug-likeness (QED) is 0.123. The molecule has 0 atom stereocenters. The normalized spacial score (nSPS) is 13.0. The predicted molar refractivity (Wildman–Crippen MR) is 244 cm³/mol. The van der Waals surface area contributed by atoms with Crippen molar-refractivity contribution in [2.24, 2.45) is 27.1 Å². The summed E-state index contributed by atoms with van der Waals surface area (Å²) in [6.45, 7) is 39.5. The molecule has 0 unspecified atom stereocenters. The van der Waals surface area contributed by atoms with Crippen molar-refractivity contribution in [1.29, 1.82) is 0 Å². The molecule has 1 fully saturated rings. The van der Waals surface area contributed by atoms with Gasteiger partial charge in [0.05, 0.1) is 8.62 Å². The average molecular weight is 820 g/mol. The predicted octanol–water partition coefficient (Wildman–Crippen LogP) is 9.91. The van der Waals surface area contributed by atoms with Crippen molar-refractivity contribution in [3.8, 4) is 36.0 Å². The topological polar surface area (TPSA) is 118 Å². The molecule has 0 spiro atoms. The van der Waals surface area contributed by atoms with Crippen LogP contribution in [0.15, 0.2) is 24.3 Å². The molecule has 57 heavy (non-hydrogen) atoms. The summed E-state index contributed by atoms with van der Waals surface area (Å²) in [7, 11) is 0. The summed E-state index contributed by atoms with van der Waals surface area (Å²) in [5.41, 5.74) is -1.70. The first-order valence-electron chi connectivity index (χ1n) is 19.8. The lowest BCUT2D eigenvalue weighted by Gasteiger charge is -2.29. The highest BCUT2D eigenvalue weighted by atomic mass is 35.5. The third kappa shape index (κ3) is 43.2. The van der Waals surface area contributed by atoms with Crippen LogP contribution in [0.25, 0.3) is 0 Å². The van der Waals surface area contributed by atoms with Crippen LogP contribution in [0.2, 0.25) is 0 Å². The zero-order valence-electron chi connectivity index (χ0n) is 40.6. The molecule has 0 bridgehead atoms. The van der Waals surface area contributed by atoms with E-state index < -0.39 is 5.41 Å². The zero-order valence-corrected chi connectivity index (χ0v) is 39.4. The van der Waals surface area contributed by atoms with Crippen molar-refractivity contribution in [2.75, 3.05) is 25.5 Å². The molecule has 1 aliphatic heterocycles. The molecule has 0 radical (unpaired) electrons. The number of nitrogens with zero attached hydrogens (tertiary/aromatic N) is 1. The number of alkyl halides is 1. The van der Waals surface area contributed by atoms with E-state index in [2.05, 4.69) is 39.8 Å². The van der Waals surface area contributed by atoms with Crippen LogP contribution in [0.3, 0.4) is 0 Å². The number of allylic oxidation sites excluding steroid dienone is 3. The molecule has 1 N–H and O–H groups in total. The number of carbonyl (C=O) groups is 6. The summed E-state index contributed by atoms with van der Waals surface area (Å²) in [5, 5.41) is 2.63. The average Bonchev–Trinajstić information content (AvgIpc) is 3.03. The van der Waals surface area contributed by atoms with Gasteiger partial charge in [0, 0.05) is 39.7 Å². The second-order valence-electron chi connectivity index (χ2n) is 18.1. The maximum absolute atomic E-state index is 11.4.